The Bertz CT molecular complexity index is 236. The molecule has 1 fully saturated rings. The molecule has 0 bridgehead atoms. The third-order valence-electron chi connectivity index (χ3n) is 1.68. The van der Waals surface area contributed by atoms with Crippen molar-refractivity contribution in [3.05, 3.63) is 5.70 Å². The van der Waals surface area contributed by atoms with Crippen molar-refractivity contribution >= 4 is 24.1 Å². The Morgan fingerprint density at radius 1 is 1.69 bits per heavy atom. The van der Waals surface area contributed by atoms with Crippen molar-refractivity contribution in [2.75, 3.05) is 13.2 Å². The molecule has 1 aliphatic rings. The van der Waals surface area contributed by atoms with E-state index < -0.39 is 6.10 Å². The first-order valence-electron chi connectivity index (χ1n) is 3.92. The summed E-state index contributed by atoms with van der Waals surface area (Å²) < 4.78 is 5.09. The summed E-state index contributed by atoms with van der Waals surface area (Å²) in [5.74, 6) is 1.63. The van der Waals surface area contributed by atoms with Crippen LogP contribution in [0.2, 0.25) is 0 Å². The van der Waals surface area contributed by atoms with Gasteiger partial charge in [-0.05, 0) is 6.92 Å². The fourth-order valence-electron chi connectivity index (χ4n) is 1.14. The predicted molar refractivity (Wildman–Crippen MR) is 49.5 cm³/mol. The van der Waals surface area contributed by atoms with Gasteiger partial charge in [0.05, 0.1) is 0 Å². The minimum atomic E-state index is -0.707. The van der Waals surface area contributed by atoms with Gasteiger partial charge >= 0.3 is 0 Å². The van der Waals surface area contributed by atoms with Crippen LogP contribution >= 0.6 is 12.4 Å². The van der Waals surface area contributed by atoms with E-state index in [9.17, 15) is 9.59 Å². The number of hydrogen-bond acceptors (Lipinski definition) is 4. The summed E-state index contributed by atoms with van der Waals surface area (Å²) in [4.78, 5) is 21.5. The van der Waals surface area contributed by atoms with E-state index in [1.807, 2.05) is 0 Å². The maximum absolute atomic E-state index is 11.2. The molecule has 13 heavy (non-hydrogen) atoms. The van der Waals surface area contributed by atoms with Crippen molar-refractivity contribution in [2.24, 2.45) is 0 Å². The molecule has 1 atom stereocenters. The van der Waals surface area contributed by atoms with E-state index in [1.54, 1.807) is 12.9 Å². The van der Waals surface area contributed by atoms with Crippen LogP contribution in [0.5, 0.6) is 0 Å². The second-order valence-electron chi connectivity index (χ2n) is 2.49. The van der Waals surface area contributed by atoms with E-state index in [-0.39, 0.29) is 23.9 Å². The first-order valence-corrected chi connectivity index (χ1v) is 3.92. The molecule has 1 N–H and O–H groups in total. The number of Topliss-reactive ketones (excluding diaryl/α,β-unsaturated/α-hetero) is 1. The zero-order valence-corrected chi connectivity index (χ0v) is 8.15. The average molecular weight is 206 g/mol. The Morgan fingerprint density at radius 2 is 2.38 bits per heavy atom. The summed E-state index contributed by atoms with van der Waals surface area (Å²) in [6.45, 7) is 2.71. The molecule has 5 heteroatoms. The highest BCUT2D eigenvalue weighted by Gasteiger charge is 2.27. The monoisotopic (exact) mass is 205 g/mol. The van der Waals surface area contributed by atoms with Crippen LogP contribution < -0.4 is 5.32 Å². The molecule has 0 aliphatic carbocycles. The number of nitrogens with one attached hydrogen (secondary N) is 1. The molecule has 74 valence electrons. The smallest absolute Gasteiger partial charge is 0.170 e. The van der Waals surface area contributed by atoms with Crippen LogP contribution in [-0.4, -0.2) is 31.0 Å². The Morgan fingerprint density at radius 3 is 2.92 bits per heavy atom. The van der Waals surface area contributed by atoms with Gasteiger partial charge in [-0.2, -0.15) is 0 Å². The van der Waals surface area contributed by atoms with Crippen LogP contribution in [0.15, 0.2) is 5.70 Å². The number of rotatable bonds is 2. The number of ether oxygens (including phenoxy) is 1. The molecular formula is C8H12ClNO3. The van der Waals surface area contributed by atoms with Crippen molar-refractivity contribution in [3.63, 3.8) is 0 Å². The van der Waals surface area contributed by atoms with Gasteiger partial charge in [0.25, 0.3) is 0 Å². The van der Waals surface area contributed by atoms with Crippen LogP contribution in [0.4, 0.5) is 0 Å². The van der Waals surface area contributed by atoms with E-state index in [0.29, 0.717) is 19.6 Å². The van der Waals surface area contributed by atoms with Gasteiger partial charge in [-0.1, -0.05) is 0 Å². The van der Waals surface area contributed by atoms with Gasteiger partial charge in [0.1, 0.15) is 11.6 Å². The lowest BCUT2D eigenvalue weighted by Crippen LogP contribution is -2.41. The van der Waals surface area contributed by atoms with Crippen LogP contribution in [-0.2, 0) is 14.3 Å². The summed E-state index contributed by atoms with van der Waals surface area (Å²) in [6.07, 6.45) is -0.295. The number of carbonyl (C=O) groups excluding carboxylic acids is 2. The lowest BCUT2D eigenvalue weighted by atomic mass is 10.1. The second kappa shape index (κ2) is 5.75. The van der Waals surface area contributed by atoms with E-state index >= 15 is 0 Å². The third kappa shape index (κ3) is 2.84. The normalized spacial score (nSPS) is 21.5. The van der Waals surface area contributed by atoms with Crippen molar-refractivity contribution in [3.8, 4) is 0 Å². The molecule has 0 radical (unpaired) electrons. The van der Waals surface area contributed by atoms with Gasteiger partial charge in [0.2, 0.25) is 0 Å². The molecule has 1 aliphatic heterocycles. The van der Waals surface area contributed by atoms with Gasteiger partial charge in [0.15, 0.2) is 11.9 Å². The fourth-order valence-corrected chi connectivity index (χ4v) is 1.14. The maximum atomic E-state index is 11.2. The van der Waals surface area contributed by atoms with Crippen LogP contribution in [0.25, 0.3) is 0 Å². The molecule has 1 unspecified atom stereocenters. The van der Waals surface area contributed by atoms with Gasteiger partial charge in [-0.25, -0.2) is 4.79 Å². The number of piperidine rings is 1. The SMILES string of the molecule is CCOC1C(=O)CCNC1=C=O.Cl. The highest BCUT2D eigenvalue weighted by atomic mass is 35.5. The largest absolute Gasteiger partial charge is 0.376 e. The Kier molecular flexibility index (Phi) is 5.39. The zero-order valence-electron chi connectivity index (χ0n) is 7.33. The van der Waals surface area contributed by atoms with Crippen LogP contribution in [0.3, 0.4) is 0 Å². The number of ketones is 1. The molecular weight excluding hydrogens is 194 g/mol. The summed E-state index contributed by atoms with van der Waals surface area (Å²) in [6, 6.07) is 0. The average Bonchev–Trinajstić information content (AvgIpc) is 2.09. The number of carbonyl (C=O) groups is 1. The summed E-state index contributed by atoms with van der Waals surface area (Å²) in [7, 11) is 0. The van der Waals surface area contributed by atoms with Crippen molar-refractivity contribution in [2.45, 2.75) is 19.4 Å². The molecule has 0 spiro atoms. The van der Waals surface area contributed by atoms with Crippen molar-refractivity contribution < 1.29 is 14.3 Å². The Hall–Kier alpha value is -0.830. The van der Waals surface area contributed by atoms with E-state index in [2.05, 4.69) is 5.32 Å². The predicted octanol–water partition coefficient (Wildman–Crippen LogP) is 0.0912. The molecule has 0 amide bonds. The zero-order chi connectivity index (χ0) is 8.97. The Labute approximate surface area is 82.7 Å². The third-order valence-corrected chi connectivity index (χ3v) is 1.68. The molecule has 0 saturated carbocycles. The minimum absolute atomic E-state index is 0. The van der Waals surface area contributed by atoms with Gasteiger partial charge < -0.3 is 10.1 Å². The van der Waals surface area contributed by atoms with Gasteiger partial charge in [-0.3, -0.25) is 4.79 Å². The standard InChI is InChI=1S/C8H11NO3.ClH/c1-2-12-8-6(5-10)9-4-3-7(8)11;/h8-9H,2-4H2,1H3;1H. The molecule has 1 heterocycles. The molecule has 1 saturated heterocycles. The lowest BCUT2D eigenvalue weighted by Gasteiger charge is -2.22. The molecule has 0 aromatic carbocycles. The van der Waals surface area contributed by atoms with Gasteiger partial charge in [-0.15, -0.1) is 12.4 Å². The number of hydrogen-bond donors (Lipinski definition) is 1. The molecule has 0 aromatic heterocycles. The van der Waals surface area contributed by atoms with Gasteiger partial charge in [0, 0.05) is 19.6 Å². The highest BCUT2D eigenvalue weighted by molar-refractivity contribution is 5.89. The van der Waals surface area contributed by atoms with Crippen molar-refractivity contribution in [1.82, 2.24) is 5.32 Å². The summed E-state index contributed by atoms with van der Waals surface area (Å²) >= 11 is 0. The summed E-state index contributed by atoms with van der Waals surface area (Å²) in [5.41, 5.74) is 0.230. The van der Waals surface area contributed by atoms with E-state index in [1.165, 1.54) is 0 Å². The molecule has 0 aromatic rings. The summed E-state index contributed by atoms with van der Waals surface area (Å²) in [5, 5.41) is 2.78. The van der Waals surface area contributed by atoms with Crippen LogP contribution in [0, 0.1) is 0 Å². The number of halogens is 1. The van der Waals surface area contributed by atoms with E-state index in [0.717, 1.165) is 0 Å². The quantitative estimate of drug-likeness (QED) is 0.650. The minimum Gasteiger partial charge on any atom is -0.376 e. The van der Waals surface area contributed by atoms with E-state index in [4.69, 9.17) is 4.74 Å². The topological polar surface area (TPSA) is 55.4 Å². The molecule has 1 rings (SSSR count). The van der Waals surface area contributed by atoms with Crippen molar-refractivity contribution in [1.29, 1.82) is 0 Å². The highest BCUT2D eigenvalue weighted by Crippen LogP contribution is 2.09. The second-order valence-corrected chi connectivity index (χ2v) is 2.49. The lowest BCUT2D eigenvalue weighted by molar-refractivity contribution is -0.129. The molecule has 4 nitrogen and oxygen atoms in total. The van der Waals surface area contributed by atoms with Crippen LogP contribution in [0.1, 0.15) is 13.3 Å². The first kappa shape index (κ1) is 12.2. The fraction of sp³-hybridized carbons (Fsp3) is 0.625. The first-order chi connectivity index (χ1) is 5.79. The maximum Gasteiger partial charge on any atom is 0.170 e. The Balaban J connectivity index is 0.00000144.